The Bertz CT molecular complexity index is 895. The number of nitrogens with one attached hydrogen (secondary N) is 1. The van der Waals surface area contributed by atoms with Crippen LogP contribution in [0.2, 0.25) is 0 Å². The number of ether oxygens (including phenoxy) is 3. The van der Waals surface area contributed by atoms with Crippen molar-refractivity contribution in [3.63, 3.8) is 0 Å². The molecule has 154 valence electrons. The summed E-state index contributed by atoms with van der Waals surface area (Å²) < 4.78 is 15.3. The number of carboxylic acids is 1. The lowest BCUT2D eigenvalue weighted by Gasteiger charge is -2.14. The molecule has 1 amide bonds. The second-order valence-corrected chi connectivity index (χ2v) is 6.51. The summed E-state index contributed by atoms with van der Waals surface area (Å²) in [5.41, 5.74) is 0.618. The zero-order chi connectivity index (χ0) is 21.4. The van der Waals surface area contributed by atoms with Gasteiger partial charge in [0.1, 0.15) is 0 Å². The van der Waals surface area contributed by atoms with E-state index in [0.717, 1.165) is 17.8 Å². The molecule has 0 saturated carbocycles. The third-order valence-corrected chi connectivity index (χ3v) is 4.28. The van der Waals surface area contributed by atoms with Crippen molar-refractivity contribution in [1.82, 2.24) is 5.32 Å². The second-order valence-electron chi connectivity index (χ2n) is 5.48. The zero-order valence-corrected chi connectivity index (χ0v) is 16.7. The molecule has 1 saturated heterocycles. The Morgan fingerprint density at radius 2 is 2.10 bits per heavy atom. The Hall–Kier alpha value is -3.34. The average molecular weight is 421 g/mol. The van der Waals surface area contributed by atoms with Crippen LogP contribution in [0.5, 0.6) is 11.5 Å². The Kier molecular flexibility index (Phi) is 7.78. The summed E-state index contributed by atoms with van der Waals surface area (Å²) >= 11 is 0.956. The fourth-order valence-electron chi connectivity index (χ4n) is 2.00. The summed E-state index contributed by atoms with van der Waals surface area (Å²) in [6.07, 6.45) is 1.46. The van der Waals surface area contributed by atoms with Gasteiger partial charge in [-0.3, -0.25) is 10.1 Å². The highest BCUT2D eigenvalue weighted by Gasteiger charge is 2.25. The second kappa shape index (κ2) is 10.3. The number of esters is 1. The van der Waals surface area contributed by atoms with Crippen molar-refractivity contribution in [2.75, 3.05) is 13.7 Å². The highest BCUT2D eigenvalue weighted by molar-refractivity contribution is 8.18. The predicted octanol–water partition coefficient (Wildman–Crippen LogP) is 1.55. The average Bonchev–Trinajstić information content (AvgIpc) is 3.02. The number of hydrogen-bond acceptors (Lipinski definition) is 9. The van der Waals surface area contributed by atoms with E-state index >= 15 is 0 Å². The summed E-state index contributed by atoms with van der Waals surface area (Å²) in [6.45, 7) is 3.56. The minimum absolute atomic E-state index is 0.151. The van der Waals surface area contributed by atoms with E-state index in [2.05, 4.69) is 20.3 Å². The molecule has 29 heavy (non-hydrogen) atoms. The number of benzene rings is 1. The molecule has 0 spiro atoms. The van der Waals surface area contributed by atoms with Gasteiger partial charge in [0.2, 0.25) is 0 Å². The van der Waals surface area contributed by atoms with Crippen LogP contribution >= 0.6 is 11.8 Å². The topological polar surface area (TPSA) is 136 Å². The van der Waals surface area contributed by atoms with Gasteiger partial charge in [-0.2, -0.15) is 5.10 Å². The molecule has 0 bridgehead atoms. The number of carbonyl (C=O) groups is 3. The van der Waals surface area contributed by atoms with Crippen molar-refractivity contribution in [2.45, 2.75) is 20.0 Å². The predicted molar refractivity (Wildman–Crippen MR) is 106 cm³/mol. The Morgan fingerprint density at radius 1 is 1.34 bits per heavy atom. The molecule has 2 N–H and O–H groups in total. The summed E-state index contributed by atoms with van der Waals surface area (Å²) in [6, 6.07) is 4.85. The first-order chi connectivity index (χ1) is 13.8. The van der Waals surface area contributed by atoms with Crippen LogP contribution in [0.3, 0.4) is 0 Å². The molecule has 1 aromatic carbocycles. The van der Waals surface area contributed by atoms with Gasteiger partial charge in [0.25, 0.3) is 5.91 Å². The zero-order valence-electron chi connectivity index (χ0n) is 15.9. The van der Waals surface area contributed by atoms with Crippen molar-refractivity contribution in [3.8, 4) is 11.5 Å². The molecule has 1 aliphatic rings. The fourth-order valence-corrected chi connectivity index (χ4v) is 2.74. The van der Waals surface area contributed by atoms with Crippen LogP contribution in [-0.2, 0) is 19.1 Å². The summed E-state index contributed by atoms with van der Waals surface area (Å²) in [7, 11) is 1.21. The summed E-state index contributed by atoms with van der Waals surface area (Å²) in [5, 5.41) is 19.5. The first kappa shape index (κ1) is 22.0. The van der Waals surface area contributed by atoms with Gasteiger partial charge in [-0.15, -0.1) is 5.10 Å². The first-order valence-electron chi connectivity index (χ1n) is 8.40. The van der Waals surface area contributed by atoms with Crippen molar-refractivity contribution >= 4 is 41.0 Å². The Morgan fingerprint density at radius 3 is 2.76 bits per heavy atom. The maximum Gasteiger partial charge on any atom is 0.344 e. The number of rotatable bonds is 8. The van der Waals surface area contributed by atoms with Gasteiger partial charge in [-0.1, -0.05) is 0 Å². The third kappa shape index (κ3) is 6.35. The molecule has 1 heterocycles. The number of carboxylic acid groups (broad SMARTS) is 1. The van der Waals surface area contributed by atoms with Gasteiger partial charge in [0.05, 0.1) is 24.8 Å². The van der Waals surface area contributed by atoms with Crippen LogP contribution in [0.25, 0.3) is 0 Å². The molecule has 1 unspecified atom stereocenters. The lowest BCUT2D eigenvalue weighted by Crippen LogP contribution is -2.23. The number of thioether (sulfide) groups is 1. The molecule has 0 aliphatic carbocycles. The fraction of sp³-hybridized carbons (Fsp3) is 0.278. The van der Waals surface area contributed by atoms with Crippen LogP contribution < -0.4 is 14.8 Å². The molecule has 0 radical (unpaired) electrons. The molecule has 11 heteroatoms. The number of carbonyl (C=O) groups excluding carboxylic acids is 2. The largest absolute Gasteiger partial charge is 0.490 e. The van der Waals surface area contributed by atoms with Gasteiger partial charge < -0.3 is 19.3 Å². The van der Waals surface area contributed by atoms with E-state index in [1.165, 1.54) is 20.2 Å². The van der Waals surface area contributed by atoms with Gasteiger partial charge >= 0.3 is 11.9 Å². The Balaban J connectivity index is 2.12. The molecular weight excluding hydrogens is 402 g/mol. The minimum atomic E-state index is -1.09. The molecule has 10 nitrogen and oxygen atoms in total. The number of aliphatic carboxylic acids is 1. The quantitative estimate of drug-likeness (QED) is 0.279. The van der Waals surface area contributed by atoms with Crippen LogP contribution in [0.15, 0.2) is 39.4 Å². The molecule has 1 fully saturated rings. The SMILES string of the molecule is CCOc1cc(C=N/N=C2/NC(=O)/C(=C\C(=O)OC)S2)ccc1OC(C)C(=O)O. The van der Waals surface area contributed by atoms with Gasteiger partial charge in [-0.25, -0.2) is 9.59 Å². The van der Waals surface area contributed by atoms with E-state index in [1.54, 1.807) is 25.1 Å². The van der Waals surface area contributed by atoms with E-state index in [1.807, 2.05) is 0 Å². The van der Waals surface area contributed by atoms with Gasteiger partial charge in [0, 0.05) is 6.08 Å². The van der Waals surface area contributed by atoms with Crippen LogP contribution in [0, 0.1) is 0 Å². The number of hydrogen-bond donors (Lipinski definition) is 2. The number of nitrogens with zero attached hydrogens (tertiary/aromatic N) is 2. The number of methoxy groups -OCH3 is 1. The van der Waals surface area contributed by atoms with E-state index < -0.39 is 23.9 Å². The monoisotopic (exact) mass is 421 g/mol. The van der Waals surface area contributed by atoms with Gasteiger partial charge in [-0.05, 0) is 49.4 Å². The lowest BCUT2D eigenvalue weighted by molar-refractivity contribution is -0.144. The summed E-state index contributed by atoms with van der Waals surface area (Å²) in [4.78, 5) is 34.1. The number of amides is 1. The third-order valence-electron chi connectivity index (χ3n) is 3.38. The van der Waals surface area contributed by atoms with E-state index in [-0.39, 0.29) is 10.1 Å². The van der Waals surface area contributed by atoms with E-state index in [0.29, 0.717) is 23.7 Å². The van der Waals surface area contributed by atoms with Crippen LogP contribution in [0.1, 0.15) is 19.4 Å². The normalized spacial score (nSPS) is 17.4. The van der Waals surface area contributed by atoms with E-state index in [9.17, 15) is 14.4 Å². The smallest absolute Gasteiger partial charge is 0.344 e. The molecule has 0 aromatic heterocycles. The van der Waals surface area contributed by atoms with Crippen LogP contribution in [-0.4, -0.2) is 54.2 Å². The van der Waals surface area contributed by atoms with Crippen molar-refractivity contribution in [3.05, 3.63) is 34.7 Å². The maximum absolute atomic E-state index is 11.7. The number of amidine groups is 1. The first-order valence-corrected chi connectivity index (χ1v) is 9.21. The van der Waals surface area contributed by atoms with Crippen molar-refractivity contribution < 1.29 is 33.7 Å². The molecular formula is C18H19N3O7S. The Labute approximate surface area is 170 Å². The standard InChI is InChI=1S/C18H19N3O7S/c1-4-27-13-7-11(5-6-12(13)28-10(2)17(24)25)9-19-21-18-20-16(23)14(29-18)8-15(22)26-3/h5-10H,4H2,1-3H3,(H,24,25)(H,20,21,23)/b14-8+,19-9?. The minimum Gasteiger partial charge on any atom is -0.490 e. The highest BCUT2D eigenvalue weighted by atomic mass is 32.2. The summed E-state index contributed by atoms with van der Waals surface area (Å²) in [5.74, 6) is -1.55. The maximum atomic E-state index is 11.7. The van der Waals surface area contributed by atoms with Gasteiger partial charge in [0.15, 0.2) is 22.8 Å². The molecule has 1 aromatic rings. The van der Waals surface area contributed by atoms with Crippen LogP contribution in [0.4, 0.5) is 0 Å². The highest BCUT2D eigenvalue weighted by Crippen LogP contribution is 2.29. The molecule has 2 rings (SSSR count). The van der Waals surface area contributed by atoms with Crippen molar-refractivity contribution in [2.24, 2.45) is 10.2 Å². The van der Waals surface area contributed by atoms with Crippen molar-refractivity contribution in [1.29, 1.82) is 0 Å². The molecule has 1 atom stereocenters. The van der Waals surface area contributed by atoms with E-state index in [4.69, 9.17) is 14.6 Å². The molecule has 1 aliphatic heterocycles. The lowest BCUT2D eigenvalue weighted by atomic mass is 10.2.